The van der Waals surface area contributed by atoms with Gasteiger partial charge in [-0.3, -0.25) is 9.59 Å². The molecule has 0 heterocycles. The van der Waals surface area contributed by atoms with Gasteiger partial charge in [0.05, 0.1) is 6.42 Å². The second-order valence-electron chi connectivity index (χ2n) is 6.20. The molecule has 4 nitrogen and oxygen atoms in total. The molecule has 130 valence electrons. The Kier molecular flexibility index (Phi) is 5.71. The van der Waals surface area contributed by atoms with E-state index >= 15 is 0 Å². The minimum absolute atomic E-state index is 0.192. The van der Waals surface area contributed by atoms with Gasteiger partial charge in [-0.1, -0.05) is 41.9 Å². The van der Waals surface area contributed by atoms with Crippen LogP contribution in [0.2, 0.25) is 5.02 Å². The fraction of sp³-hybridized carbons (Fsp3) is 0.300. The van der Waals surface area contributed by atoms with E-state index in [1.807, 2.05) is 18.2 Å². The highest BCUT2D eigenvalue weighted by atomic mass is 35.5. The Hall–Kier alpha value is -2.33. The molecule has 0 unspecified atom stereocenters. The molecule has 0 saturated heterocycles. The van der Waals surface area contributed by atoms with Gasteiger partial charge in [-0.25, -0.2) is 0 Å². The smallest absolute Gasteiger partial charge is 0.310 e. The molecule has 0 bridgehead atoms. The summed E-state index contributed by atoms with van der Waals surface area (Å²) in [7, 11) is 0. The molecule has 5 heteroatoms. The Morgan fingerprint density at radius 3 is 2.52 bits per heavy atom. The number of nitrogens with one attached hydrogen (secondary N) is 1. The van der Waals surface area contributed by atoms with Crippen molar-refractivity contribution in [1.29, 1.82) is 0 Å². The summed E-state index contributed by atoms with van der Waals surface area (Å²) in [6.07, 6.45) is 3.56. The third-order valence-electron chi connectivity index (χ3n) is 4.28. The summed E-state index contributed by atoms with van der Waals surface area (Å²) >= 11 is 5.81. The number of hydrogen-bond donors (Lipinski definition) is 1. The number of halogens is 1. The number of aryl methyl sites for hydroxylation is 2. The number of amides is 1. The third kappa shape index (κ3) is 5.07. The van der Waals surface area contributed by atoms with Crippen LogP contribution in [0.1, 0.15) is 28.7 Å². The molecule has 3 rings (SSSR count). The maximum Gasteiger partial charge on any atom is 0.310 e. The first-order valence-corrected chi connectivity index (χ1v) is 8.75. The Balaban J connectivity index is 1.41. The van der Waals surface area contributed by atoms with Crippen LogP contribution in [0.25, 0.3) is 0 Å². The first-order valence-electron chi connectivity index (χ1n) is 8.37. The Bertz CT molecular complexity index is 771. The monoisotopic (exact) mass is 357 g/mol. The van der Waals surface area contributed by atoms with E-state index in [4.69, 9.17) is 16.3 Å². The van der Waals surface area contributed by atoms with Crippen molar-refractivity contribution in [2.24, 2.45) is 0 Å². The van der Waals surface area contributed by atoms with Crippen LogP contribution in [0.3, 0.4) is 0 Å². The van der Waals surface area contributed by atoms with Crippen LogP contribution in [0, 0.1) is 0 Å². The predicted molar refractivity (Wildman–Crippen MR) is 96.4 cm³/mol. The maximum atomic E-state index is 11.9. The van der Waals surface area contributed by atoms with Gasteiger partial charge in [0, 0.05) is 11.6 Å². The van der Waals surface area contributed by atoms with E-state index in [0.29, 0.717) is 11.6 Å². The molecule has 0 spiro atoms. The van der Waals surface area contributed by atoms with Crippen LogP contribution in [0.15, 0.2) is 42.5 Å². The maximum absolute atomic E-state index is 11.9. The lowest BCUT2D eigenvalue weighted by atomic mass is 10.0. The average Bonchev–Trinajstić information content (AvgIpc) is 3.07. The highest BCUT2D eigenvalue weighted by Crippen LogP contribution is 2.23. The summed E-state index contributed by atoms with van der Waals surface area (Å²) in [4.78, 5) is 23.7. The Morgan fingerprint density at radius 1 is 1.00 bits per heavy atom. The molecule has 2 aromatic rings. The highest BCUT2D eigenvalue weighted by Gasteiger charge is 2.13. The van der Waals surface area contributed by atoms with Gasteiger partial charge in [0.2, 0.25) is 0 Å². The fourth-order valence-electron chi connectivity index (χ4n) is 2.95. The number of carbonyl (C=O) groups is 2. The van der Waals surface area contributed by atoms with E-state index in [1.165, 1.54) is 17.5 Å². The molecule has 2 aromatic carbocycles. The number of ether oxygens (including phenoxy) is 1. The summed E-state index contributed by atoms with van der Waals surface area (Å²) in [5.41, 5.74) is 4.57. The van der Waals surface area contributed by atoms with Gasteiger partial charge in [0.1, 0.15) is 0 Å². The summed E-state index contributed by atoms with van der Waals surface area (Å²) in [5, 5.41) is 3.36. The zero-order valence-corrected chi connectivity index (χ0v) is 14.6. The molecule has 25 heavy (non-hydrogen) atoms. The zero-order chi connectivity index (χ0) is 17.6. The SMILES string of the molecule is O=C(COC(=O)Cc1ccc2c(c1)CCC2)NCc1ccc(Cl)cc1. The van der Waals surface area contributed by atoms with Gasteiger partial charge in [0.25, 0.3) is 5.91 Å². The minimum Gasteiger partial charge on any atom is -0.455 e. The average molecular weight is 358 g/mol. The lowest BCUT2D eigenvalue weighted by Crippen LogP contribution is -2.28. The molecule has 1 N–H and O–H groups in total. The van der Waals surface area contributed by atoms with Crippen molar-refractivity contribution in [2.45, 2.75) is 32.2 Å². The predicted octanol–water partition coefficient (Wildman–Crippen LogP) is 3.23. The summed E-state index contributed by atoms with van der Waals surface area (Å²) in [6.45, 7) is 0.107. The molecule has 0 radical (unpaired) electrons. The lowest BCUT2D eigenvalue weighted by molar-refractivity contribution is -0.147. The number of hydrogen-bond acceptors (Lipinski definition) is 3. The van der Waals surface area contributed by atoms with Crippen molar-refractivity contribution in [2.75, 3.05) is 6.61 Å². The van der Waals surface area contributed by atoms with Gasteiger partial charge in [-0.05, 0) is 53.6 Å². The number of rotatable bonds is 6. The quantitative estimate of drug-likeness (QED) is 0.807. The second-order valence-corrected chi connectivity index (χ2v) is 6.63. The Morgan fingerprint density at radius 2 is 1.72 bits per heavy atom. The Labute approximate surface area is 152 Å². The first-order chi connectivity index (χ1) is 12.1. The van der Waals surface area contributed by atoms with Crippen LogP contribution in [0.4, 0.5) is 0 Å². The number of fused-ring (bicyclic) bond motifs is 1. The normalized spacial score (nSPS) is 12.5. The van der Waals surface area contributed by atoms with Gasteiger partial charge >= 0.3 is 5.97 Å². The number of benzene rings is 2. The molecule has 0 aromatic heterocycles. The molecular formula is C20H20ClNO3. The summed E-state index contributed by atoms with van der Waals surface area (Å²) in [5.74, 6) is -0.711. The van der Waals surface area contributed by atoms with Gasteiger partial charge in [-0.2, -0.15) is 0 Å². The van der Waals surface area contributed by atoms with Crippen molar-refractivity contribution in [3.63, 3.8) is 0 Å². The standard InChI is InChI=1S/C20H20ClNO3/c21-18-8-5-14(6-9-18)12-22-19(23)13-25-20(24)11-15-4-7-16-2-1-3-17(16)10-15/h4-10H,1-3,11-13H2,(H,22,23). The third-order valence-corrected chi connectivity index (χ3v) is 4.53. The van der Waals surface area contributed by atoms with Gasteiger partial charge in [0.15, 0.2) is 6.61 Å². The van der Waals surface area contributed by atoms with Crippen LogP contribution < -0.4 is 5.32 Å². The van der Waals surface area contributed by atoms with E-state index in [2.05, 4.69) is 17.4 Å². The van der Waals surface area contributed by atoms with Crippen molar-refractivity contribution in [3.05, 3.63) is 69.7 Å². The molecule has 1 aliphatic rings. The van der Waals surface area contributed by atoms with Crippen molar-refractivity contribution >= 4 is 23.5 Å². The largest absolute Gasteiger partial charge is 0.455 e. The van der Waals surface area contributed by atoms with E-state index < -0.39 is 0 Å². The molecule has 1 amide bonds. The van der Waals surface area contributed by atoms with E-state index in [0.717, 1.165) is 24.0 Å². The molecule has 1 aliphatic carbocycles. The molecule has 0 fully saturated rings. The van der Waals surface area contributed by atoms with Crippen molar-refractivity contribution in [3.8, 4) is 0 Å². The second kappa shape index (κ2) is 8.17. The first kappa shape index (κ1) is 17.5. The van der Waals surface area contributed by atoms with Crippen molar-refractivity contribution in [1.82, 2.24) is 5.32 Å². The molecule has 0 atom stereocenters. The number of carbonyl (C=O) groups excluding carboxylic acids is 2. The fourth-order valence-corrected chi connectivity index (χ4v) is 3.08. The van der Waals surface area contributed by atoms with Gasteiger partial charge in [-0.15, -0.1) is 0 Å². The van der Waals surface area contributed by atoms with Crippen LogP contribution >= 0.6 is 11.6 Å². The van der Waals surface area contributed by atoms with E-state index in [9.17, 15) is 9.59 Å². The lowest BCUT2D eigenvalue weighted by Gasteiger charge is -2.08. The van der Waals surface area contributed by atoms with Crippen LogP contribution in [0.5, 0.6) is 0 Å². The van der Waals surface area contributed by atoms with E-state index in [-0.39, 0.29) is 24.9 Å². The van der Waals surface area contributed by atoms with Crippen molar-refractivity contribution < 1.29 is 14.3 Å². The topological polar surface area (TPSA) is 55.4 Å². The number of esters is 1. The molecular weight excluding hydrogens is 338 g/mol. The van der Waals surface area contributed by atoms with Gasteiger partial charge < -0.3 is 10.1 Å². The molecule has 0 saturated carbocycles. The zero-order valence-electron chi connectivity index (χ0n) is 13.9. The summed E-state index contributed by atoms with van der Waals surface area (Å²) in [6, 6.07) is 13.3. The van der Waals surface area contributed by atoms with Crippen LogP contribution in [-0.4, -0.2) is 18.5 Å². The highest BCUT2D eigenvalue weighted by molar-refractivity contribution is 6.30. The van der Waals surface area contributed by atoms with Crippen LogP contribution in [-0.2, 0) is 40.1 Å². The van der Waals surface area contributed by atoms with E-state index in [1.54, 1.807) is 12.1 Å². The minimum atomic E-state index is -0.389. The summed E-state index contributed by atoms with van der Waals surface area (Å²) < 4.78 is 5.06. The molecule has 0 aliphatic heterocycles.